The van der Waals surface area contributed by atoms with Gasteiger partial charge in [0.25, 0.3) is 0 Å². The van der Waals surface area contributed by atoms with Gasteiger partial charge in [0.15, 0.2) is 5.79 Å². The predicted molar refractivity (Wildman–Crippen MR) is 103 cm³/mol. The van der Waals surface area contributed by atoms with Gasteiger partial charge < -0.3 is 9.47 Å². The number of ketones is 1. The number of fused-ring (bicyclic) bond motifs is 3. The molecule has 0 bridgehead atoms. The summed E-state index contributed by atoms with van der Waals surface area (Å²) >= 11 is 0. The van der Waals surface area contributed by atoms with Crippen molar-refractivity contribution in [2.24, 2.45) is 28.1 Å². The second-order valence-corrected chi connectivity index (χ2v) is 10.2. The highest BCUT2D eigenvalue weighted by molar-refractivity contribution is 5.91. The molecule has 1 saturated heterocycles. The smallest absolute Gasteiger partial charge is 0.173 e. The number of hydrogen-bond donors (Lipinski definition) is 0. The van der Waals surface area contributed by atoms with Crippen LogP contribution < -0.4 is 0 Å². The molecule has 146 valence electrons. The van der Waals surface area contributed by atoms with Gasteiger partial charge in [-0.25, -0.2) is 0 Å². The zero-order chi connectivity index (χ0) is 18.8. The highest BCUT2D eigenvalue weighted by atomic mass is 16.7. The van der Waals surface area contributed by atoms with Crippen LogP contribution in [-0.2, 0) is 14.3 Å². The van der Waals surface area contributed by atoms with Gasteiger partial charge in [0.05, 0.1) is 13.2 Å². The fourth-order valence-electron chi connectivity index (χ4n) is 7.28. The minimum Gasteiger partial charge on any atom is -0.347 e. The molecule has 1 spiro atoms. The number of rotatable bonds is 2. The van der Waals surface area contributed by atoms with E-state index in [1.165, 1.54) is 5.57 Å². The molecule has 0 radical (unpaired) electrons. The largest absolute Gasteiger partial charge is 0.347 e. The van der Waals surface area contributed by atoms with Gasteiger partial charge in [0.1, 0.15) is 5.78 Å². The van der Waals surface area contributed by atoms with Crippen molar-refractivity contribution in [1.29, 1.82) is 0 Å². The van der Waals surface area contributed by atoms with Crippen LogP contribution in [0.15, 0.2) is 11.6 Å². The summed E-state index contributed by atoms with van der Waals surface area (Å²) in [6.45, 7) is 13.0. The van der Waals surface area contributed by atoms with Gasteiger partial charge in [-0.1, -0.05) is 45.8 Å². The second-order valence-electron chi connectivity index (χ2n) is 10.2. The van der Waals surface area contributed by atoms with E-state index in [9.17, 15) is 4.79 Å². The van der Waals surface area contributed by atoms with Crippen LogP contribution in [0.4, 0.5) is 0 Å². The van der Waals surface area contributed by atoms with Gasteiger partial charge in [-0.05, 0) is 50.4 Å². The van der Waals surface area contributed by atoms with E-state index in [0.717, 1.165) is 44.9 Å². The molecule has 4 atom stereocenters. The first-order valence-electron chi connectivity index (χ1n) is 10.7. The van der Waals surface area contributed by atoms with Crippen molar-refractivity contribution in [2.75, 3.05) is 13.2 Å². The standard InChI is InChI=1S/C23H36O3/c1-6-7-16-8-9-18-21(4)12-13-23(25-14-15-26-23)20(2,3)17(21)10-11-22(18,5)19(16)24/h9,16-17H,6-8,10-15H2,1-5H3/t16-,17-,21-,22+/m0/s1. The summed E-state index contributed by atoms with van der Waals surface area (Å²) in [5.74, 6) is 0.826. The van der Waals surface area contributed by atoms with Crippen molar-refractivity contribution in [2.45, 2.75) is 85.4 Å². The maximum Gasteiger partial charge on any atom is 0.173 e. The van der Waals surface area contributed by atoms with Crippen LogP contribution in [0.1, 0.15) is 79.6 Å². The molecule has 4 rings (SSSR count). The summed E-state index contributed by atoms with van der Waals surface area (Å²) in [6, 6.07) is 0. The zero-order valence-electron chi connectivity index (χ0n) is 17.3. The van der Waals surface area contributed by atoms with Gasteiger partial charge in [-0.15, -0.1) is 0 Å². The number of ether oxygens (including phenoxy) is 2. The molecule has 0 aromatic carbocycles. The molecule has 4 aliphatic rings. The summed E-state index contributed by atoms with van der Waals surface area (Å²) in [7, 11) is 0. The van der Waals surface area contributed by atoms with E-state index < -0.39 is 5.79 Å². The molecule has 1 aliphatic heterocycles. The topological polar surface area (TPSA) is 35.5 Å². The van der Waals surface area contributed by atoms with Crippen LogP contribution in [0.3, 0.4) is 0 Å². The summed E-state index contributed by atoms with van der Waals surface area (Å²) in [4.78, 5) is 13.4. The van der Waals surface area contributed by atoms with Crippen LogP contribution in [0.25, 0.3) is 0 Å². The summed E-state index contributed by atoms with van der Waals surface area (Å²) in [5, 5.41) is 0. The lowest BCUT2D eigenvalue weighted by Gasteiger charge is -2.64. The Hall–Kier alpha value is -0.670. The first-order valence-corrected chi connectivity index (χ1v) is 10.7. The van der Waals surface area contributed by atoms with Crippen LogP contribution in [0.5, 0.6) is 0 Å². The molecule has 0 amide bonds. The molecule has 1 heterocycles. The average Bonchev–Trinajstić information content (AvgIpc) is 3.07. The number of carbonyl (C=O) groups is 1. The Morgan fingerprint density at radius 1 is 1.08 bits per heavy atom. The van der Waals surface area contributed by atoms with E-state index in [0.29, 0.717) is 24.9 Å². The van der Waals surface area contributed by atoms with Gasteiger partial charge in [0.2, 0.25) is 0 Å². The second kappa shape index (κ2) is 5.91. The maximum absolute atomic E-state index is 13.4. The van der Waals surface area contributed by atoms with Gasteiger partial charge in [-0.3, -0.25) is 4.79 Å². The first-order chi connectivity index (χ1) is 12.2. The minimum absolute atomic E-state index is 0.0397. The average molecular weight is 361 g/mol. The lowest BCUT2D eigenvalue weighted by atomic mass is 9.42. The van der Waals surface area contributed by atoms with E-state index >= 15 is 0 Å². The van der Waals surface area contributed by atoms with Crippen LogP contribution in [-0.4, -0.2) is 24.8 Å². The Labute approximate surface area is 158 Å². The van der Waals surface area contributed by atoms with E-state index in [-0.39, 0.29) is 22.2 Å². The fraction of sp³-hybridized carbons (Fsp3) is 0.870. The van der Waals surface area contributed by atoms with Crippen LogP contribution in [0, 0.1) is 28.1 Å². The molecule has 3 aliphatic carbocycles. The van der Waals surface area contributed by atoms with Gasteiger partial charge >= 0.3 is 0 Å². The quantitative estimate of drug-likeness (QED) is 0.628. The predicted octanol–water partition coefficient (Wildman–Crippen LogP) is 5.29. The normalized spacial score (nSPS) is 43.7. The van der Waals surface area contributed by atoms with E-state index in [1.807, 2.05) is 0 Å². The monoisotopic (exact) mass is 360 g/mol. The highest BCUT2D eigenvalue weighted by Gasteiger charge is 2.66. The lowest BCUT2D eigenvalue weighted by molar-refractivity contribution is -0.284. The Bertz CT molecular complexity index is 627. The molecule has 0 aromatic heterocycles. The third-order valence-corrected chi connectivity index (χ3v) is 8.65. The zero-order valence-corrected chi connectivity index (χ0v) is 17.3. The Kier molecular flexibility index (Phi) is 4.25. The Morgan fingerprint density at radius 2 is 1.77 bits per heavy atom. The molecule has 3 heteroatoms. The van der Waals surface area contributed by atoms with Crippen molar-refractivity contribution in [3.63, 3.8) is 0 Å². The number of allylic oxidation sites excluding steroid dienone is 2. The molecule has 2 saturated carbocycles. The van der Waals surface area contributed by atoms with Gasteiger partial charge in [0, 0.05) is 23.2 Å². The number of carbonyl (C=O) groups excluding carboxylic acids is 1. The SMILES string of the molecule is CCC[C@H]1CC=C2[C@@](C)(CC[C@H]3C(C)(C)C4(CC[C@]23C)OCCO4)C1=O. The number of hydrogen-bond acceptors (Lipinski definition) is 3. The molecule has 0 aromatic rings. The van der Waals surface area contributed by atoms with Crippen molar-refractivity contribution in [3.05, 3.63) is 11.6 Å². The Balaban J connectivity index is 1.73. The Morgan fingerprint density at radius 3 is 2.42 bits per heavy atom. The number of Topliss-reactive ketones (excluding diaryl/α,β-unsaturated/α-hetero) is 1. The summed E-state index contributed by atoms with van der Waals surface area (Å²) < 4.78 is 12.4. The van der Waals surface area contributed by atoms with Crippen molar-refractivity contribution in [3.8, 4) is 0 Å². The van der Waals surface area contributed by atoms with Crippen molar-refractivity contribution >= 4 is 5.78 Å². The minimum atomic E-state index is -0.422. The van der Waals surface area contributed by atoms with E-state index in [4.69, 9.17) is 9.47 Å². The lowest BCUT2D eigenvalue weighted by Crippen LogP contribution is -2.62. The first kappa shape index (κ1) is 18.7. The summed E-state index contributed by atoms with van der Waals surface area (Å²) in [5.41, 5.74) is 1.24. The molecule has 3 fully saturated rings. The molecule has 26 heavy (non-hydrogen) atoms. The maximum atomic E-state index is 13.4. The molecular formula is C23H36O3. The van der Waals surface area contributed by atoms with E-state index in [2.05, 4.69) is 40.7 Å². The molecule has 0 unspecified atom stereocenters. The summed E-state index contributed by atoms with van der Waals surface area (Å²) in [6.07, 6.45) is 9.63. The third-order valence-electron chi connectivity index (χ3n) is 8.65. The van der Waals surface area contributed by atoms with Crippen LogP contribution >= 0.6 is 0 Å². The van der Waals surface area contributed by atoms with Gasteiger partial charge in [-0.2, -0.15) is 0 Å². The van der Waals surface area contributed by atoms with Crippen molar-refractivity contribution < 1.29 is 14.3 Å². The fourth-order valence-corrected chi connectivity index (χ4v) is 7.28. The van der Waals surface area contributed by atoms with E-state index in [1.54, 1.807) is 0 Å². The van der Waals surface area contributed by atoms with Crippen LogP contribution in [0.2, 0.25) is 0 Å². The third kappa shape index (κ3) is 2.22. The molecule has 3 nitrogen and oxygen atoms in total. The molecular weight excluding hydrogens is 324 g/mol. The molecule has 0 N–H and O–H groups in total. The van der Waals surface area contributed by atoms with Crippen molar-refractivity contribution in [1.82, 2.24) is 0 Å². The highest BCUT2D eigenvalue weighted by Crippen LogP contribution is 2.68.